The smallest absolute Gasteiger partial charge is 0.419 e. The monoisotopic (exact) mass is 340 g/mol. The van der Waals surface area contributed by atoms with E-state index < -0.39 is 24.5 Å². The molecule has 8 heteroatoms. The predicted octanol–water partition coefficient (Wildman–Crippen LogP) is -0.475. The second-order valence-corrected chi connectivity index (χ2v) is 7.38. The molecule has 4 rings (SSSR count). The lowest BCUT2D eigenvalue weighted by atomic mass is 9.77. The Kier molecular flexibility index (Phi) is 4.24. The predicted molar refractivity (Wildman–Crippen MR) is 80.7 cm³/mol. The molecule has 4 aliphatic heterocycles. The highest BCUT2D eigenvalue weighted by atomic mass is 16.8. The fraction of sp³-hybridized carbons (Fsp3) is 0.875. The van der Waals surface area contributed by atoms with Gasteiger partial charge in [-0.05, 0) is 38.8 Å². The largest absolute Gasteiger partial charge is 0.427 e. The van der Waals surface area contributed by atoms with Crippen molar-refractivity contribution in [3.05, 3.63) is 0 Å². The standard InChI is InChI=1S/C16H24N2O6/c19-11(23-13-15(9-21-13)3-1-5-17-7-15)12(20)24-14-16(10-22-14)4-2-6-18-8-16/h13-14,17-18H,1-10H2. The molecular formula is C16H24N2O6. The molecule has 0 saturated carbocycles. The number of nitrogens with one attached hydrogen (secondary N) is 2. The van der Waals surface area contributed by atoms with Crippen molar-refractivity contribution in [3.63, 3.8) is 0 Å². The fourth-order valence-corrected chi connectivity index (χ4v) is 4.01. The molecule has 4 saturated heterocycles. The Morgan fingerprint density at radius 1 is 0.833 bits per heavy atom. The summed E-state index contributed by atoms with van der Waals surface area (Å²) >= 11 is 0. The summed E-state index contributed by atoms with van der Waals surface area (Å²) in [6, 6.07) is 0. The minimum atomic E-state index is -1.00. The maximum atomic E-state index is 12.1. The number of piperidine rings is 2. The molecule has 4 unspecified atom stereocenters. The average molecular weight is 340 g/mol. The van der Waals surface area contributed by atoms with Crippen LogP contribution in [0.3, 0.4) is 0 Å². The Hall–Kier alpha value is -1.22. The summed E-state index contributed by atoms with van der Waals surface area (Å²) in [5.41, 5.74) is -0.397. The molecule has 0 radical (unpaired) electrons. The van der Waals surface area contributed by atoms with Gasteiger partial charge in [0.25, 0.3) is 0 Å². The van der Waals surface area contributed by atoms with Crippen molar-refractivity contribution in [2.24, 2.45) is 10.8 Å². The third-order valence-corrected chi connectivity index (χ3v) is 5.65. The number of carbonyl (C=O) groups is 2. The van der Waals surface area contributed by atoms with E-state index in [2.05, 4.69) is 10.6 Å². The molecule has 4 aliphatic rings. The molecule has 4 atom stereocenters. The number of hydrogen-bond acceptors (Lipinski definition) is 8. The van der Waals surface area contributed by atoms with Crippen LogP contribution < -0.4 is 10.6 Å². The molecule has 0 aromatic rings. The molecule has 0 amide bonds. The SMILES string of the molecule is O=C(OC1OCC12CCCNC2)C(=O)OC1OCC12CCCNC2. The first-order valence-corrected chi connectivity index (χ1v) is 8.70. The Morgan fingerprint density at radius 3 is 1.58 bits per heavy atom. The van der Waals surface area contributed by atoms with Crippen LogP contribution in [-0.4, -0.2) is 63.9 Å². The molecule has 4 fully saturated rings. The third-order valence-electron chi connectivity index (χ3n) is 5.65. The number of ether oxygens (including phenoxy) is 4. The van der Waals surface area contributed by atoms with E-state index in [1.165, 1.54) is 0 Å². The highest BCUT2D eigenvalue weighted by Gasteiger charge is 2.54. The number of rotatable bonds is 2. The van der Waals surface area contributed by atoms with Gasteiger partial charge in [0.05, 0.1) is 24.0 Å². The van der Waals surface area contributed by atoms with Gasteiger partial charge in [-0.3, -0.25) is 0 Å². The summed E-state index contributed by atoms with van der Waals surface area (Å²) in [5.74, 6) is -2.00. The Bertz CT molecular complexity index is 467. The van der Waals surface area contributed by atoms with Gasteiger partial charge in [0.2, 0.25) is 12.6 Å². The molecule has 4 heterocycles. The Labute approximate surface area is 140 Å². The maximum absolute atomic E-state index is 12.1. The van der Waals surface area contributed by atoms with E-state index in [-0.39, 0.29) is 10.8 Å². The van der Waals surface area contributed by atoms with Crippen molar-refractivity contribution in [3.8, 4) is 0 Å². The zero-order chi connectivity index (χ0) is 16.6. The van der Waals surface area contributed by atoms with Crippen LogP contribution in [0.15, 0.2) is 0 Å². The van der Waals surface area contributed by atoms with E-state index in [9.17, 15) is 9.59 Å². The van der Waals surface area contributed by atoms with Crippen LogP contribution in [-0.2, 0) is 28.5 Å². The van der Waals surface area contributed by atoms with Crippen molar-refractivity contribution >= 4 is 11.9 Å². The van der Waals surface area contributed by atoms with Crippen LogP contribution >= 0.6 is 0 Å². The first-order valence-electron chi connectivity index (χ1n) is 8.70. The van der Waals surface area contributed by atoms with E-state index in [0.717, 1.165) is 51.9 Å². The molecule has 0 aromatic heterocycles. The van der Waals surface area contributed by atoms with Crippen LogP contribution in [0.5, 0.6) is 0 Å². The van der Waals surface area contributed by atoms with Crippen molar-refractivity contribution in [2.45, 2.75) is 38.3 Å². The molecule has 8 nitrogen and oxygen atoms in total. The van der Waals surface area contributed by atoms with Gasteiger partial charge in [0.15, 0.2) is 0 Å². The van der Waals surface area contributed by atoms with Gasteiger partial charge in [-0.2, -0.15) is 0 Å². The minimum Gasteiger partial charge on any atom is -0.427 e. The van der Waals surface area contributed by atoms with Gasteiger partial charge < -0.3 is 29.6 Å². The van der Waals surface area contributed by atoms with Crippen LogP contribution in [0.4, 0.5) is 0 Å². The molecule has 0 aromatic carbocycles. The summed E-state index contributed by atoms with van der Waals surface area (Å²) in [6.07, 6.45) is 2.53. The van der Waals surface area contributed by atoms with E-state index in [1.54, 1.807) is 0 Å². The summed E-state index contributed by atoms with van der Waals surface area (Å²) in [7, 11) is 0. The van der Waals surface area contributed by atoms with Gasteiger partial charge in [0.1, 0.15) is 0 Å². The average Bonchev–Trinajstić information content (AvgIpc) is 2.63. The topological polar surface area (TPSA) is 95.1 Å². The fourth-order valence-electron chi connectivity index (χ4n) is 4.01. The van der Waals surface area contributed by atoms with E-state index in [1.807, 2.05) is 0 Å². The second kappa shape index (κ2) is 6.25. The van der Waals surface area contributed by atoms with Gasteiger partial charge in [0, 0.05) is 13.1 Å². The lowest BCUT2D eigenvalue weighted by Crippen LogP contribution is -2.62. The second-order valence-electron chi connectivity index (χ2n) is 7.38. The van der Waals surface area contributed by atoms with Crippen molar-refractivity contribution in [1.82, 2.24) is 10.6 Å². The molecule has 0 aliphatic carbocycles. The lowest BCUT2D eigenvalue weighted by molar-refractivity contribution is -0.311. The van der Waals surface area contributed by atoms with E-state index in [0.29, 0.717) is 13.2 Å². The molecule has 24 heavy (non-hydrogen) atoms. The highest BCUT2D eigenvalue weighted by molar-refractivity contribution is 6.29. The molecule has 2 spiro atoms. The molecular weight excluding hydrogens is 316 g/mol. The number of hydrogen-bond donors (Lipinski definition) is 2. The molecule has 0 bridgehead atoms. The van der Waals surface area contributed by atoms with Crippen LogP contribution in [0.2, 0.25) is 0 Å². The zero-order valence-corrected chi connectivity index (χ0v) is 13.7. The zero-order valence-electron chi connectivity index (χ0n) is 13.7. The minimum absolute atomic E-state index is 0.199. The summed E-state index contributed by atoms with van der Waals surface area (Å²) in [6.45, 7) is 4.49. The van der Waals surface area contributed by atoms with Crippen LogP contribution in [0.25, 0.3) is 0 Å². The van der Waals surface area contributed by atoms with Gasteiger partial charge in [-0.25, -0.2) is 9.59 Å². The summed E-state index contributed by atoms with van der Waals surface area (Å²) in [5, 5.41) is 6.57. The van der Waals surface area contributed by atoms with E-state index in [4.69, 9.17) is 18.9 Å². The third kappa shape index (κ3) is 2.71. The van der Waals surface area contributed by atoms with Gasteiger partial charge in [-0.1, -0.05) is 0 Å². The Balaban J connectivity index is 1.29. The summed E-state index contributed by atoms with van der Waals surface area (Å²) in [4.78, 5) is 24.1. The first kappa shape index (κ1) is 16.3. The molecule has 134 valence electrons. The first-order chi connectivity index (χ1) is 11.6. The lowest BCUT2D eigenvalue weighted by Gasteiger charge is -2.50. The van der Waals surface area contributed by atoms with Gasteiger partial charge in [-0.15, -0.1) is 0 Å². The van der Waals surface area contributed by atoms with Crippen molar-refractivity contribution in [1.29, 1.82) is 0 Å². The maximum Gasteiger partial charge on any atom is 0.419 e. The Morgan fingerprint density at radius 2 is 1.29 bits per heavy atom. The van der Waals surface area contributed by atoms with E-state index >= 15 is 0 Å². The summed E-state index contributed by atoms with van der Waals surface area (Å²) < 4.78 is 21.2. The van der Waals surface area contributed by atoms with Gasteiger partial charge >= 0.3 is 11.9 Å². The quantitative estimate of drug-likeness (QED) is 0.514. The van der Waals surface area contributed by atoms with Crippen molar-refractivity contribution < 1.29 is 28.5 Å². The normalized spacial score (nSPS) is 41.3. The van der Waals surface area contributed by atoms with Crippen LogP contribution in [0.1, 0.15) is 25.7 Å². The number of carbonyl (C=O) groups excluding carboxylic acids is 2. The highest BCUT2D eigenvalue weighted by Crippen LogP contribution is 2.42. The van der Waals surface area contributed by atoms with Crippen LogP contribution in [0, 0.1) is 10.8 Å². The number of esters is 2. The molecule has 2 N–H and O–H groups in total. The van der Waals surface area contributed by atoms with Crippen molar-refractivity contribution in [2.75, 3.05) is 39.4 Å².